The minimum Gasteiger partial charge on any atom is -0.351 e. The van der Waals surface area contributed by atoms with Crippen LogP contribution >= 0.6 is 0 Å². The van der Waals surface area contributed by atoms with E-state index in [0.717, 1.165) is 47.1 Å². The Morgan fingerprint density at radius 1 is 1.19 bits per heavy atom. The second-order valence-electron chi connectivity index (χ2n) is 9.17. The predicted octanol–water partition coefficient (Wildman–Crippen LogP) is 6.09. The Kier molecular flexibility index (Phi) is 5.10. The molecule has 1 aliphatic carbocycles. The lowest BCUT2D eigenvalue weighted by Crippen LogP contribution is -2.34. The molecule has 0 saturated heterocycles. The number of hydrogen-bond acceptors (Lipinski definition) is 4. The highest BCUT2D eigenvalue weighted by atomic mass is 19.1. The van der Waals surface area contributed by atoms with Crippen LogP contribution in [0.5, 0.6) is 0 Å². The van der Waals surface area contributed by atoms with E-state index in [0.29, 0.717) is 30.0 Å². The number of imidazole rings is 1. The fourth-order valence-corrected chi connectivity index (χ4v) is 4.91. The van der Waals surface area contributed by atoms with Gasteiger partial charge in [-0.05, 0) is 51.3 Å². The van der Waals surface area contributed by atoms with Crippen LogP contribution in [-0.4, -0.2) is 36.7 Å². The van der Waals surface area contributed by atoms with Crippen LogP contribution in [0.3, 0.4) is 0 Å². The largest absolute Gasteiger partial charge is 0.351 e. The number of aromatic nitrogens is 5. The maximum atomic E-state index is 14.9. The van der Waals surface area contributed by atoms with E-state index in [1.165, 1.54) is 6.07 Å². The maximum Gasteiger partial charge on any atom is 0.224 e. The van der Waals surface area contributed by atoms with Gasteiger partial charge in [-0.1, -0.05) is 19.3 Å². The Hall–Kier alpha value is -3.03. The highest BCUT2D eigenvalue weighted by molar-refractivity contribution is 5.96. The monoisotopic (exact) mass is 438 g/mol. The summed E-state index contributed by atoms with van der Waals surface area (Å²) in [5.41, 5.74) is 2.13. The Morgan fingerprint density at radius 3 is 2.72 bits per heavy atom. The van der Waals surface area contributed by atoms with Gasteiger partial charge in [0.2, 0.25) is 5.95 Å². The molecule has 0 radical (unpaired) electrons. The number of aromatic amines is 1. The minimum absolute atomic E-state index is 0.164. The summed E-state index contributed by atoms with van der Waals surface area (Å²) in [6.45, 7) is 6.22. The van der Waals surface area contributed by atoms with Crippen molar-refractivity contribution in [1.29, 1.82) is 0 Å². The quantitative estimate of drug-likeness (QED) is 0.396. The van der Waals surface area contributed by atoms with E-state index in [4.69, 9.17) is 0 Å². The lowest BCUT2D eigenvalue weighted by Gasteiger charge is -2.29. The number of H-pyrrole nitrogens is 1. The molecule has 5 rings (SSSR count). The topological polar surface area (TPSA) is 71.4 Å². The standard InChI is InChI=1S/C24H28F2N6/c1-14(2)32-15(3)30-21-19(25)9-16(10-20(21)32)17-11-27-22-18(17)12-28-23(31-22)29-13-24(26)7-5-4-6-8-24/h9-12,14H,4-8,13H2,1-3H3,(H2,27,28,29,31). The molecule has 3 aromatic heterocycles. The van der Waals surface area contributed by atoms with E-state index in [1.807, 2.05) is 23.8 Å². The maximum absolute atomic E-state index is 14.9. The number of benzene rings is 1. The Bertz CT molecular complexity index is 1280. The van der Waals surface area contributed by atoms with Crippen molar-refractivity contribution in [1.82, 2.24) is 24.5 Å². The van der Waals surface area contributed by atoms with Gasteiger partial charge in [0.15, 0.2) is 5.82 Å². The van der Waals surface area contributed by atoms with Gasteiger partial charge in [0.1, 0.15) is 22.7 Å². The number of hydrogen-bond donors (Lipinski definition) is 2. The highest BCUT2D eigenvalue weighted by Gasteiger charge is 2.31. The van der Waals surface area contributed by atoms with E-state index in [2.05, 4.69) is 39.1 Å². The second-order valence-corrected chi connectivity index (χ2v) is 9.17. The van der Waals surface area contributed by atoms with E-state index in [1.54, 1.807) is 6.20 Å². The number of aryl methyl sites for hydroxylation is 1. The molecule has 6 nitrogen and oxygen atoms in total. The van der Waals surface area contributed by atoms with Crippen LogP contribution in [0.15, 0.2) is 24.5 Å². The first-order valence-electron chi connectivity index (χ1n) is 11.3. The van der Waals surface area contributed by atoms with Gasteiger partial charge in [0.25, 0.3) is 0 Å². The van der Waals surface area contributed by atoms with Gasteiger partial charge >= 0.3 is 0 Å². The number of rotatable bonds is 5. The van der Waals surface area contributed by atoms with Crippen LogP contribution in [0, 0.1) is 12.7 Å². The fourth-order valence-electron chi connectivity index (χ4n) is 4.91. The first-order chi connectivity index (χ1) is 15.3. The van der Waals surface area contributed by atoms with Crippen LogP contribution in [0.1, 0.15) is 57.8 Å². The van der Waals surface area contributed by atoms with Gasteiger partial charge in [-0.15, -0.1) is 0 Å². The molecular weight excluding hydrogens is 410 g/mol. The van der Waals surface area contributed by atoms with E-state index in [9.17, 15) is 8.78 Å². The molecule has 3 heterocycles. The number of nitrogens with one attached hydrogen (secondary N) is 2. The zero-order valence-electron chi connectivity index (χ0n) is 18.7. The lowest BCUT2D eigenvalue weighted by molar-refractivity contribution is 0.122. The van der Waals surface area contributed by atoms with Crippen LogP contribution in [0.4, 0.5) is 14.7 Å². The smallest absolute Gasteiger partial charge is 0.224 e. The molecular formula is C24H28F2N6. The van der Waals surface area contributed by atoms with Crippen LogP contribution in [0.2, 0.25) is 0 Å². The van der Waals surface area contributed by atoms with Crippen molar-refractivity contribution in [2.24, 2.45) is 0 Å². The number of fused-ring (bicyclic) bond motifs is 2. The summed E-state index contributed by atoms with van der Waals surface area (Å²) < 4.78 is 31.8. The molecule has 0 unspecified atom stereocenters. The van der Waals surface area contributed by atoms with Gasteiger partial charge in [-0.25, -0.2) is 18.7 Å². The molecule has 32 heavy (non-hydrogen) atoms. The third-order valence-electron chi connectivity index (χ3n) is 6.50. The molecule has 0 atom stereocenters. The minimum atomic E-state index is -1.19. The van der Waals surface area contributed by atoms with Crippen molar-refractivity contribution in [2.75, 3.05) is 11.9 Å². The van der Waals surface area contributed by atoms with Gasteiger partial charge in [0.05, 0.1) is 12.1 Å². The summed E-state index contributed by atoms with van der Waals surface area (Å²) in [5, 5.41) is 3.85. The molecule has 0 amide bonds. The molecule has 4 aromatic rings. The lowest BCUT2D eigenvalue weighted by atomic mass is 9.86. The van der Waals surface area contributed by atoms with Crippen molar-refractivity contribution >= 4 is 28.0 Å². The van der Waals surface area contributed by atoms with Crippen LogP contribution in [-0.2, 0) is 0 Å². The molecule has 1 aliphatic rings. The molecule has 0 spiro atoms. The number of nitrogens with zero attached hydrogens (tertiary/aromatic N) is 4. The van der Waals surface area contributed by atoms with Crippen molar-refractivity contribution in [3.8, 4) is 11.1 Å². The van der Waals surface area contributed by atoms with Gasteiger partial charge in [-0.3, -0.25) is 0 Å². The molecule has 1 aromatic carbocycles. The van der Waals surface area contributed by atoms with Gasteiger partial charge in [0, 0.05) is 29.4 Å². The first kappa shape index (κ1) is 20.8. The number of alkyl halides is 1. The van der Waals surface area contributed by atoms with Crippen LogP contribution in [0.25, 0.3) is 33.2 Å². The Morgan fingerprint density at radius 2 is 1.97 bits per heavy atom. The summed E-state index contributed by atoms with van der Waals surface area (Å²) in [4.78, 5) is 16.5. The first-order valence-corrected chi connectivity index (χ1v) is 11.3. The Labute approximate surface area is 185 Å². The zero-order valence-corrected chi connectivity index (χ0v) is 18.7. The van der Waals surface area contributed by atoms with Gasteiger partial charge in [-0.2, -0.15) is 4.98 Å². The van der Waals surface area contributed by atoms with Crippen molar-refractivity contribution in [2.45, 2.75) is 64.6 Å². The average molecular weight is 439 g/mol. The van der Waals surface area contributed by atoms with Crippen molar-refractivity contribution in [3.05, 3.63) is 36.2 Å². The van der Waals surface area contributed by atoms with Gasteiger partial charge < -0.3 is 14.9 Å². The molecule has 0 bridgehead atoms. The molecule has 1 fully saturated rings. The van der Waals surface area contributed by atoms with E-state index < -0.39 is 5.67 Å². The summed E-state index contributed by atoms with van der Waals surface area (Å²) in [6.07, 6.45) is 7.62. The van der Waals surface area contributed by atoms with Crippen LogP contribution < -0.4 is 5.32 Å². The normalized spacial score (nSPS) is 16.3. The number of halogens is 2. The highest BCUT2D eigenvalue weighted by Crippen LogP contribution is 2.34. The molecule has 1 saturated carbocycles. The van der Waals surface area contributed by atoms with Crippen molar-refractivity contribution < 1.29 is 8.78 Å². The van der Waals surface area contributed by atoms with E-state index in [-0.39, 0.29) is 18.4 Å². The predicted molar refractivity (Wildman–Crippen MR) is 123 cm³/mol. The summed E-state index contributed by atoms with van der Waals surface area (Å²) >= 11 is 0. The summed E-state index contributed by atoms with van der Waals surface area (Å²) in [7, 11) is 0. The second kappa shape index (κ2) is 7.83. The fraction of sp³-hybridized carbons (Fsp3) is 0.458. The summed E-state index contributed by atoms with van der Waals surface area (Å²) in [5.74, 6) is 0.825. The van der Waals surface area contributed by atoms with Crippen molar-refractivity contribution in [3.63, 3.8) is 0 Å². The SMILES string of the molecule is Cc1nc2c(F)cc(-c3c[nH]c4nc(NCC5(F)CCCCC5)ncc34)cc2n1C(C)C. The van der Waals surface area contributed by atoms with E-state index >= 15 is 0 Å². The molecule has 168 valence electrons. The Balaban J connectivity index is 1.47. The molecule has 2 N–H and O–H groups in total. The third-order valence-corrected chi connectivity index (χ3v) is 6.50. The molecule has 0 aliphatic heterocycles. The number of anilines is 1. The third kappa shape index (κ3) is 3.61. The molecule has 8 heteroatoms. The zero-order chi connectivity index (χ0) is 22.5. The summed E-state index contributed by atoms with van der Waals surface area (Å²) in [6, 6.07) is 3.63. The average Bonchev–Trinajstić information content (AvgIpc) is 3.33.